The van der Waals surface area contributed by atoms with Crippen LogP contribution in [0.25, 0.3) is 6.08 Å². The summed E-state index contributed by atoms with van der Waals surface area (Å²) >= 11 is 0. The van der Waals surface area contributed by atoms with Crippen molar-refractivity contribution >= 4 is 47.3 Å². The van der Waals surface area contributed by atoms with Crippen molar-refractivity contribution in [1.29, 1.82) is 0 Å². The third kappa shape index (κ3) is 8.17. The van der Waals surface area contributed by atoms with Gasteiger partial charge in [0.05, 0.1) is 7.11 Å². The van der Waals surface area contributed by atoms with Crippen LogP contribution in [-0.2, 0) is 47.8 Å². The molecule has 0 bridgehead atoms. The molecule has 5 N–H and O–H groups in total. The molecule has 282 valence electrons. The number of carbonyl (C=O) groups excluding carboxylic acids is 6. The van der Waals surface area contributed by atoms with Gasteiger partial charge >= 0.3 is 23.9 Å². The Morgan fingerprint density at radius 3 is 2.34 bits per heavy atom. The van der Waals surface area contributed by atoms with E-state index in [2.05, 4.69) is 0 Å². The fourth-order valence-corrected chi connectivity index (χ4v) is 7.01. The summed E-state index contributed by atoms with van der Waals surface area (Å²) in [7, 11) is 1.09. The molecular weight excluding hydrogens is 700 g/mol. The molecule has 2 saturated carbocycles. The Labute approximate surface area is 301 Å². The largest absolute Gasteiger partial charge is 0.504 e. The van der Waals surface area contributed by atoms with Gasteiger partial charge in [0, 0.05) is 36.3 Å². The Kier molecular flexibility index (Phi) is 11.2. The van der Waals surface area contributed by atoms with E-state index in [1.165, 1.54) is 31.2 Å². The number of aliphatic carboxylic acids is 1. The van der Waals surface area contributed by atoms with Crippen LogP contribution in [0, 0.1) is 11.3 Å². The van der Waals surface area contributed by atoms with Gasteiger partial charge in [-0.3, -0.25) is 19.2 Å². The van der Waals surface area contributed by atoms with E-state index in [1.54, 1.807) is 0 Å². The highest BCUT2D eigenvalue weighted by molar-refractivity contribution is 6.37. The number of Topliss-reactive ketones (excluding diaryl/α,β-unsaturated/α-hetero) is 3. The lowest BCUT2D eigenvalue weighted by Crippen LogP contribution is -2.48. The summed E-state index contributed by atoms with van der Waals surface area (Å²) in [5.41, 5.74) is -1.28. The molecule has 5 rings (SSSR count). The second kappa shape index (κ2) is 15.5. The number of esters is 3. The summed E-state index contributed by atoms with van der Waals surface area (Å²) < 4.78 is 21.8. The summed E-state index contributed by atoms with van der Waals surface area (Å²) in [5, 5.41) is 51.1. The minimum absolute atomic E-state index is 0.00132. The molecule has 53 heavy (non-hydrogen) atoms. The van der Waals surface area contributed by atoms with Crippen molar-refractivity contribution in [2.75, 3.05) is 7.11 Å². The van der Waals surface area contributed by atoms with E-state index in [1.807, 2.05) is 0 Å². The molecule has 1 heterocycles. The number of methoxy groups -OCH3 is 1. The SMILES string of the molecule is COC(=O)C(CC1CCC(=O)C(=O)C1)OC(=O)C=Cc1ccc(O)c2c1C(C(=O)OC(C(=O)O)C1(C)CCC(O)C(=O)C1)C(c1ccc(O)c(O)c1)O2. The molecule has 16 nitrogen and oxygen atoms in total. The number of ketones is 3. The molecule has 2 aromatic rings. The second-order valence-electron chi connectivity index (χ2n) is 13.7. The normalized spacial score (nSPS) is 25.2. The van der Waals surface area contributed by atoms with Gasteiger partial charge in [-0.2, -0.15) is 0 Å². The fourth-order valence-electron chi connectivity index (χ4n) is 7.01. The van der Waals surface area contributed by atoms with E-state index in [4.69, 9.17) is 18.9 Å². The van der Waals surface area contributed by atoms with Crippen LogP contribution in [0.1, 0.15) is 80.6 Å². The van der Waals surface area contributed by atoms with Crippen molar-refractivity contribution in [3.8, 4) is 23.0 Å². The summed E-state index contributed by atoms with van der Waals surface area (Å²) in [6, 6.07) is 6.04. The minimum Gasteiger partial charge on any atom is -0.504 e. The smallest absolute Gasteiger partial charge is 0.347 e. The number of phenols is 3. The lowest BCUT2D eigenvalue weighted by Gasteiger charge is -2.38. The van der Waals surface area contributed by atoms with Gasteiger partial charge in [-0.25, -0.2) is 14.4 Å². The van der Waals surface area contributed by atoms with Gasteiger partial charge in [0.1, 0.15) is 18.1 Å². The number of carboxylic acid groups (broad SMARTS) is 1. The molecule has 0 aromatic heterocycles. The topological polar surface area (TPSA) is 258 Å². The number of aliphatic hydroxyl groups excluding tert-OH is 1. The fraction of sp³-hybridized carbons (Fsp3) is 0.432. The third-order valence-corrected chi connectivity index (χ3v) is 9.91. The number of hydrogen-bond donors (Lipinski definition) is 5. The van der Waals surface area contributed by atoms with Crippen LogP contribution in [0.3, 0.4) is 0 Å². The van der Waals surface area contributed by atoms with Gasteiger partial charge in [0.25, 0.3) is 0 Å². The zero-order valence-corrected chi connectivity index (χ0v) is 28.7. The predicted octanol–water partition coefficient (Wildman–Crippen LogP) is 2.56. The lowest BCUT2D eigenvalue weighted by molar-refractivity contribution is -0.179. The lowest BCUT2D eigenvalue weighted by atomic mass is 9.70. The molecule has 2 aliphatic carbocycles. The van der Waals surface area contributed by atoms with E-state index in [-0.39, 0.29) is 54.5 Å². The van der Waals surface area contributed by atoms with Crippen LogP contribution in [0.15, 0.2) is 36.4 Å². The van der Waals surface area contributed by atoms with Crippen molar-refractivity contribution in [3.63, 3.8) is 0 Å². The van der Waals surface area contributed by atoms with Crippen LogP contribution in [0.5, 0.6) is 23.0 Å². The van der Waals surface area contributed by atoms with Crippen molar-refractivity contribution in [2.24, 2.45) is 11.3 Å². The van der Waals surface area contributed by atoms with Gasteiger partial charge in [-0.15, -0.1) is 0 Å². The number of phenolic OH excluding ortho intramolecular Hbond substituents is 3. The van der Waals surface area contributed by atoms with Crippen LogP contribution < -0.4 is 4.74 Å². The number of aliphatic hydroxyl groups is 1. The zero-order valence-electron chi connectivity index (χ0n) is 28.7. The quantitative estimate of drug-likeness (QED) is 0.0730. The molecule has 0 saturated heterocycles. The van der Waals surface area contributed by atoms with Crippen LogP contribution in [-0.4, -0.2) is 92.2 Å². The molecule has 16 heteroatoms. The average molecular weight is 739 g/mol. The highest BCUT2D eigenvalue weighted by Crippen LogP contribution is 2.53. The molecule has 2 fully saturated rings. The maximum atomic E-state index is 14.2. The Bertz CT molecular complexity index is 1880. The summed E-state index contributed by atoms with van der Waals surface area (Å²) in [4.78, 5) is 88.2. The number of aromatic hydroxyl groups is 3. The summed E-state index contributed by atoms with van der Waals surface area (Å²) in [6.45, 7) is 1.44. The number of fused-ring (bicyclic) bond motifs is 1. The maximum Gasteiger partial charge on any atom is 0.347 e. The first-order chi connectivity index (χ1) is 25.0. The van der Waals surface area contributed by atoms with Gasteiger partial charge in [-0.1, -0.05) is 19.1 Å². The second-order valence-corrected chi connectivity index (χ2v) is 13.7. The zero-order chi connectivity index (χ0) is 38.8. The number of benzene rings is 2. The van der Waals surface area contributed by atoms with Crippen LogP contribution in [0.2, 0.25) is 0 Å². The average Bonchev–Trinajstić information content (AvgIpc) is 3.52. The third-order valence-electron chi connectivity index (χ3n) is 9.91. The van der Waals surface area contributed by atoms with Crippen molar-refractivity contribution in [3.05, 3.63) is 53.1 Å². The van der Waals surface area contributed by atoms with Gasteiger partial charge in [-0.05, 0) is 67.0 Å². The first kappa shape index (κ1) is 38.5. The number of ether oxygens (including phenoxy) is 4. The molecule has 0 spiro atoms. The van der Waals surface area contributed by atoms with E-state index >= 15 is 0 Å². The highest BCUT2D eigenvalue weighted by Gasteiger charge is 2.51. The monoisotopic (exact) mass is 738 g/mol. The Morgan fingerprint density at radius 2 is 1.70 bits per heavy atom. The molecule has 2 aromatic carbocycles. The van der Waals surface area contributed by atoms with Crippen LogP contribution >= 0.6 is 0 Å². The van der Waals surface area contributed by atoms with Gasteiger partial charge in [0.15, 0.2) is 46.5 Å². The van der Waals surface area contributed by atoms with E-state index in [0.29, 0.717) is 6.42 Å². The first-order valence-corrected chi connectivity index (χ1v) is 16.7. The Morgan fingerprint density at radius 1 is 0.981 bits per heavy atom. The predicted molar refractivity (Wildman–Crippen MR) is 177 cm³/mol. The number of hydrogen-bond acceptors (Lipinski definition) is 15. The first-order valence-electron chi connectivity index (χ1n) is 16.7. The Hall–Kier alpha value is -5.77. The molecule has 3 aliphatic rings. The van der Waals surface area contributed by atoms with Crippen LogP contribution in [0.4, 0.5) is 0 Å². The van der Waals surface area contributed by atoms with Crippen molar-refractivity contribution in [2.45, 2.75) is 82.2 Å². The summed E-state index contributed by atoms with van der Waals surface area (Å²) in [5.74, 6) is -10.2. The molecule has 0 radical (unpaired) electrons. The molecular formula is C37H38O16. The van der Waals surface area contributed by atoms with Gasteiger partial charge in [0.2, 0.25) is 6.10 Å². The van der Waals surface area contributed by atoms with E-state index in [0.717, 1.165) is 25.3 Å². The van der Waals surface area contributed by atoms with Gasteiger partial charge < -0.3 is 44.5 Å². The van der Waals surface area contributed by atoms with Crippen molar-refractivity contribution in [1.82, 2.24) is 0 Å². The number of carboxylic acids is 1. The molecule has 7 unspecified atom stereocenters. The molecule has 7 atom stereocenters. The molecule has 0 amide bonds. The minimum atomic E-state index is -1.87. The molecule has 1 aliphatic heterocycles. The highest BCUT2D eigenvalue weighted by atomic mass is 16.6. The van der Waals surface area contributed by atoms with Crippen molar-refractivity contribution < 1.29 is 78.0 Å². The Balaban J connectivity index is 1.47. The number of carbonyl (C=O) groups is 7. The number of rotatable bonds is 11. The van der Waals surface area contributed by atoms with E-state index in [9.17, 15) is 59.1 Å². The standard InChI is InChI=1S/C37H38O16/c1-37(12-11-22(40)26(44)16-37)33(34(46)47)53-36(49)30-29-18(4-9-23(41)32(29)52-31(30)19-5-8-21(39)25(43)15-19)6-10-28(45)51-27(35(48)50-2)14-17-3-7-20(38)24(42)13-17/h4-6,8-10,15,17,22,27,30-31,33,39-41,43H,3,7,11-14,16H2,1-2H3,(H,46,47). The van der Waals surface area contributed by atoms with E-state index < -0.39 is 107 Å². The maximum absolute atomic E-state index is 14.2. The summed E-state index contributed by atoms with van der Waals surface area (Å²) in [6.07, 6.45) is -4.19.